The summed E-state index contributed by atoms with van der Waals surface area (Å²) in [7, 11) is 0. The van der Waals surface area contributed by atoms with Crippen molar-refractivity contribution in [3.8, 4) is 5.75 Å². The van der Waals surface area contributed by atoms with Gasteiger partial charge in [0.05, 0.1) is 22.7 Å². The molecule has 0 atom stereocenters. The lowest BCUT2D eigenvalue weighted by Crippen LogP contribution is -2.21. The molecule has 0 amide bonds. The van der Waals surface area contributed by atoms with Crippen molar-refractivity contribution in [3.05, 3.63) is 69.3 Å². The molecule has 27 heavy (non-hydrogen) atoms. The Hall–Kier alpha value is -3.05. The van der Waals surface area contributed by atoms with Crippen LogP contribution in [-0.2, 0) is 27.7 Å². The first kappa shape index (κ1) is 18.7. The molecule has 0 saturated carbocycles. The summed E-state index contributed by atoms with van der Waals surface area (Å²) >= 11 is 0. The zero-order valence-corrected chi connectivity index (χ0v) is 14.1. The molecule has 10 nitrogen and oxygen atoms in total. The maximum Gasteiger partial charge on any atom is 0.362 e. The molecule has 1 saturated heterocycles. The van der Waals surface area contributed by atoms with Crippen LogP contribution in [-0.4, -0.2) is 34.6 Å². The third-order valence-electron chi connectivity index (χ3n) is 3.63. The number of carbonyl (C=O) groups excluding carboxylic acids is 1. The van der Waals surface area contributed by atoms with E-state index in [1.54, 1.807) is 18.2 Å². The molecule has 0 aliphatic carbocycles. The largest absolute Gasteiger partial charge is 0.489 e. The summed E-state index contributed by atoms with van der Waals surface area (Å²) < 4.78 is 5.59. The molecule has 0 radical (unpaired) electrons. The van der Waals surface area contributed by atoms with E-state index in [9.17, 15) is 14.9 Å². The average Bonchev–Trinajstić information content (AvgIpc) is 3.19. The van der Waals surface area contributed by atoms with Crippen molar-refractivity contribution >= 4 is 11.7 Å². The predicted octanol–water partition coefficient (Wildman–Crippen LogP) is 1.92. The van der Waals surface area contributed by atoms with Crippen LogP contribution in [0, 0.1) is 10.1 Å². The van der Waals surface area contributed by atoms with Crippen molar-refractivity contribution in [3.63, 3.8) is 0 Å². The van der Waals surface area contributed by atoms with Crippen LogP contribution in [0.4, 0.5) is 5.69 Å². The highest BCUT2D eigenvalue weighted by atomic mass is 17.2. The Morgan fingerprint density at radius 1 is 1.22 bits per heavy atom. The molecule has 1 aliphatic rings. The fourth-order valence-corrected chi connectivity index (χ4v) is 2.32. The quantitative estimate of drug-likeness (QED) is 0.570. The topological polar surface area (TPSA) is 121 Å². The minimum Gasteiger partial charge on any atom is -0.489 e. The van der Waals surface area contributed by atoms with Gasteiger partial charge in [0.1, 0.15) is 31.0 Å². The van der Waals surface area contributed by atoms with Crippen molar-refractivity contribution in [1.29, 1.82) is 0 Å². The normalized spacial score (nSPS) is 14.1. The van der Waals surface area contributed by atoms with Gasteiger partial charge in [0, 0.05) is 6.07 Å². The lowest BCUT2D eigenvalue weighted by Gasteiger charge is -2.11. The minimum absolute atomic E-state index is 0.0450. The number of ether oxygens (including phenoxy) is 1. The first-order valence-electron chi connectivity index (χ1n) is 7.95. The Balaban J connectivity index is 1.65. The minimum atomic E-state index is -0.690. The Morgan fingerprint density at radius 2 is 2.00 bits per heavy atom. The summed E-state index contributed by atoms with van der Waals surface area (Å²) in [5, 5.41) is 20.8. The smallest absolute Gasteiger partial charge is 0.362 e. The van der Waals surface area contributed by atoms with Crippen LogP contribution in [0.5, 0.6) is 5.75 Å². The fraction of sp³-hybridized carbons (Fsp3) is 0.235. The second-order valence-corrected chi connectivity index (χ2v) is 5.46. The molecule has 0 aromatic heterocycles. The van der Waals surface area contributed by atoms with Crippen molar-refractivity contribution in [2.24, 2.45) is 0 Å². The van der Waals surface area contributed by atoms with E-state index in [0.717, 1.165) is 0 Å². The van der Waals surface area contributed by atoms with Gasteiger partial charge in [-0.05, 0) is 29.8 Å². The zero-order valence-electron chi connectivity index (χ0n) is 14.1. The second-order valence-electron chi connectivity index (χ2n) is 5.46. The molecule has 2 aromatic rings. The van der Waals surface area contributed by atoms with E-state index in [1.807, 2.05) is 0 Å². The lowest BCUT2D eigenvalue weighted by atomic mass is 10.1. The van der Waals surface area contributed by atoms with E-state index in [0.29, 0.717) is 16.7 Å². The van der Waals surface area contributed by atoms with Crippen molar-refractivity contribution in [2.45, 2.75) is 13.2 Å². The van der Waals surface area contributed by atoms with Crippen molar-refractivity contribution in [1.82, 2.24) is 5.39 Å². The van der Waals surface area contributed by atoms with E-state index < -0.39 is 17.5 Å². The highest BCUT2D eigenvalue weighted by Gasteiger charge is 2.20. The highest BCUT2D eigenvalue weighted by Crippen LogP contribution is 2.22. The molecule has 1 heterocycles. The molecule has 3 rings (SSSR count). The van der Waals surface area contributed by atoms with E-state index in [1.165, 1.54) is 24.3 Å². The Labute approximate surface area is 153 Å². The number of benzene rings is 2. The molecule has 0 unspecified atom stereocenters. The van der Waals surface area contributed by atoms with E-state index in [4.69, 9.17) is 24.4 Å². The lowest BCUT2D eigenvalue weighted by molar-refractivity contribution is -0.455. The van der Waals surface area contributed by atoms with Crippen molar-refractivity contribution < 1.29 is 34.1 Å². The summed E-state index contributed by atoms with van der Waals surface area (Å²) in [5.41, 5.74) is 0.806. The van der Waals surface area contributed by atoms with Crippen LogP contribution in [0.25, 0.3) is 0 Å². The van der Waals surface area contributed by atoms with Crippen molar-refractivity contribution in [2.75, 3.05) is 13.2 Å². The number of nitrogens with zero attached hydrogens (tertiary/aromatic N) is 2. The van der Waals surface area contributed by atoms with Crippen LogP contribution < -0.4 is 4.74 Å². The van der Waals surface area contributed by atoms with Crippen LogP contribution in [0.1, 0.15) is 21.5 Å². The maximum absolute atomic E-state index is 12.0. The summed E-state index contributed by atoms with van der Waals surface area (Å²) in [6.45, 7) is 0.199. The molecule has 2 aromatic carbocycles. The molecule has 1 fully saturated rings. The van der Waals surface area contributed by atoms with Gasteiger partial charge in [0.25, 0.3) is 5.69 Å². The number of hydrogen-bond donors (Lipinski definition) is 1. The summed E-state index contributed by atoms with van der Waals surface area (Å²) in [4.78, 5) is 37.2. The Morgan fingerprint density at radius 3 is 2.70 bits per heavy atom. The number of hydrogen-bond acceptors (Lipinski definition) is 9. The number of nitro groups is 1. The number of nitro benzene ring substituents is 1. The molecule has 142 valence electrons. The van der Waals surface area contributed by atoms with Gasteiger partial charge < -0.3 is 14.7 Å². The fourth-order valence-electron chi connectivity index (χ4n) is 2.32. The number of aliphatic hydroxyl groups excluding tert-OH is 1. The summed E-state index contributed by atoms with van der Waals surface area (Å²) in [6, 6.07) is 10.7. The molecule has 1 aliphatic heterocycles. The second kappa shape index (κ2) is 8.56. The summed E-state index contributed by atoms with van der Waals surface area (Å²) in [6.07, 6.45) is 0. The van der Waals surface area contributed by atoms with Crippen LogP contribution >= 0.6 is 0 Å². The van der Waals surface area contributed by atoms with Gasteiger partial charge in [-0.3, -0.25) is 10.1 Å². The molecular weight excluding hydrogens is 360 g/mol. The Bertz CT molecular complexity index is 835. The van der Waals surface area contributed by atoms with Gasteiger partial charge in [-0.15, -0.1) is 0 Å². The maximum atomic E-state index is 12.0. The van der Waals surface area contributed by atoms with E-state index in [-0.39, 0.29) is 36.6 Å². The van der Waals surface area contributed by atoms with Gasteiger partial charge in [0.15, 0.2) is 0 Å². The zero-order chi connectivity index (χ0) is 19.2. The first-order valence-corrected chi connectivity index (χ1v) is 7.95. The Kier molecular flexibility index (Phi) is 5.94. The average molecular weight is 376 g/mol. The molecular formula is C17H16N2O8. The van der Waals surface area contributed by atoms with Crippen LogP contribution in [0.15, 0.2) is 42.5 Å². The highest BCUT2D eigenvalue weighted by molar-refractivity contribution is 5.89. The molecule has 1 N–H and O–H groups in total. The van der Waals surface area contributed by atoms with Gasteiger partial charge >= 0.3 is 5.97 Å². The first-order chi connectivity index (χ1) is 13.1. The number of aliphatic hydroxyl groups is 1. The molecule has 0 spiro atoms. The molecule has 0 bridgehead atoms. The predicted molar refractivity (Wildman–Crippen MR) is 89.0 cm³/mol. The van der Waals surface area contributed by atoms with E-state index in [2.05, 4.69) is 0 Å². The van der Waals surface area contributed by atoms with Gasteiger partial charge in [-0.25, -0.2) is 14.5 Å². The van der Waals surface area contributed by atoms with Gasteiger partial charge in [-0.1, -0.05) is 12.1 Å². The van der Waals surface area contributed by atoms with E-state index >= 15 is 0 Å². The van der Waals surface area contributed by atoms with Crippen LogP contribution in [0.3, 0.4) is 0 Å². The van der Waals surface area contributed by atoms with Gasteiger partial charge in [-0.2, -0.15) is 0 Å². The molecule has 10 heteroatoms. The van der Waals surface area contributed by atoms with Gasteiger partial charge in [0.2, 0.25) is 0 Å². The third kappa shape index (κ3) is 4.77. The van der Waals surface area contributed by atoms with Crippen LogP contribution in [0.2, 0.25) is 0 Å². The SMILES string of the molecule is O=C(ON1OCCO1)c1cccc(OCc2ccc(CO)c([N+](=O)[O-])c2)c1. The number of carbonyl (C=O) groups is 1. The third-order valence-corrected chi connectivity index (χ3v) is 3.63. The standard InChI is InChI=1S/C17H16N2O8/c20-10-14-5-4-12(8-16(14)18(22)23)11-24-15-3-1-2-13(9-15)17(21)27-19-25-6-7-26-19/h1-5,8-9,20H,6-7,10-11H2. The monoisotopic (exact) mass is 376 g/mol. The number of rotatable bonds is 7. The summed E-state index contributed by atoms with van der Waals surface area (Å²) in [5.74, 6) is -0.313.